The summed E-state index contributed by atoms with van der Waals surface area (Å²) in [5, 5.41) is 5.74. The van der Waals surface area contributed by atoms with Crippen LogP contribution in [-0.4, -0.2) is 32.1 Å². The van der Waals surface area contributed by atoms with Crippen LogP contribution < -0.4 is 0 Å². The zero-order chi connectivity index (χ0) is 17.1. The molecule has 0 aliphatic rings. The molecule has 0 aliphatic heterocycles. The van der Waals surface area contributed by atoms with Crippen LogP contribution in [0.15, 0.2) is 42.4 Å². The summed E-state index contributed by atoms with van der Waals surface area (Å²) in [5.41, 5.74) is 4.90. The fraction of sp³-hybridized carbons (Fsp3) is 0.278. The fourth-order valence-corrected chi connectivity index (χ4v) is 3.55. The van der Waals surface area contributed by atoms with E-state index in [1.165, 1.54) is 6.08 Å². The molecule has 0 radical (unpaired) electrons. The Kier molecular flexibility index (Phi) is 4.76. The molecule has 2 heterocycles. The van der Waals surface area contributed by atoms with Gasteiger partial charge in [-0.2, -0.15) is 5.10 Å². The second-order valence-electron chi connectivity index (χ2n) is 5.66. The van der Waals surface area contributed by atoms with Gasteiger partial charge in [-0.3, -0.25) is 9.48 Å². The molecule has 2 aromatic heterocycles. The van der Waals surface area contributed by atoms with Crippen molar-refractivity contribution in [2.24, 2.45) is 7.05 Å². The quantitative estimate of drug-likeness (QED) is 0.648. The number of hydrogen-bond acceptors (Lipinski definition) is 4. The number of rotatable bonds is 6. The van der Waals surface area contributed by atoms with Gasteiger partial charge in [-0.05, 0) is 19.1 Å². The van der Waals surface area contributed by atoms with E-state index < -0.39 is 0 Å². The number of benzene rings is 1. The average Bonchev–Trinajstić information content (AvgIpc) is 3.14. The summed E-state index contributed by atoms with van der Waals surface area (Å²) in [6.45, 7) is 6.75. The maximum atomic E-state index is 12.2. The van der Waals surface area contributed by atoms with Crippen LogP contribution in [0.4, 0.5) is 0 Å². The summed E-state index contributed by atoms with van der Waals surface area (Å²) >= 11 is 1.58. The molecule has 0 saturated carbocycles. The molecule has 0 aliphatic carbocycles. The van der Waals surface area contributed by atoms with Crippen molar-refractivity contribution < 1.29 is 4.79 Å². The first-order valence-electron chi connectivity index (χ1n) is 7.81. The van der Waals surface area contributed by atoms with E-state index in [9.17, 15) is 4.79 Å². The molecule has 0 spiro atoms. The SMILES string of the molecule is C=CC(=O)N(CCc1nn(C)c2ccccc12)Cc1scnc1C. The number of hydrogen-bond donors (Lipinski definition) is 0. The van der Waals surface area contributed by atoms with Crippen molar-refractivity contribution in [3.05, 3.63) is 58.7 Å². The van der Waals surface area contributed by atoms with E-state index >= 15 is 0 Å². The number of para-hydroxylation sites is 1. The van der Waals surface area contributed by atoms with Gasteiger partial charge in [-0.1, -0.05) is 24.8 Å². The van der Waals surface area contributed by atoms with E-state index in [0.29, 0.717) is 19.5 Å². The third-order valence-corrected chi connectivity index (χ3v) is 5.04. The van der Waals surface area contributed by atoms with Crippen LogP contribution in [0.2, 0.25) is 0 Å². The van der Waals surface area contributed by atoms with Crippen LogP contribution in [0.5, 0.6) is 0 Å². The summed E-state index contributed by atoms with van der Waals surface area (Å²) in [6.07, 6.45) is 2.08. The van der Waals surface area contributed by atoms with Gasteiger partial charge in [0.15, 0.2) is 0 Å². The highest BCUT2D eigenvalue weighted by molar-refractivity contribution is 7.09. The van der Waals surface area contributed by atoms with Crippen LogP contribution >= 0.6 is 11.3 Å². The number of thiazole rings is 1. The first kappa shape index (κ1) is 16.4. The summed E-state index contributed by atoms with van der Waals surface area (Å²) in [6, 6.07) is 8.15. The second kappa shape index (κ2) is 6.97. The Bertz CT molecular complexity index is 880. The van der Waals surface area contributed by atoms with Gasteiger partial charge in [0, 0.05) is 30.3 Å². The van der Waals surface area contributed by atoms with E-state index in [1.54, 1.807) is 16.2 Å². The van der Waals surface area contributed by atoms with Gasteiger partial charge in [0.05, 0.1) is 29.0 Å². The molecular weight excluding hydrogens is 320 g/mol. The monoisotopic (exact) mass is 340 g/mol. The minimum atomic E-state index is -0.0666. The average molecular weight is 340 g/mol. The third-order valence-electron chi connectivity index (χ3n) is 4.12. The highest BCUT2D eigenvalue weighted by atomic mass is 32.1. The second-order valence-corrected chi connectivity index (χ2v) is 6.60. The molecule has 6 heteroatoms. The Hall–Kier alpha value is -2.47. The topological polar surface area (TPSA) is 51.0 Å². The number of fused-ring (bicyclic) bond motifs is 1. The molecule has 1 aromatic carbocycles. The predicted molar refractivity (Wildman–Crippen MR) is 96.9 cm³/mol. The maximum absolute atomic E-state index is 12.2. The van der Waals surface area contributed by atoms with Crippen LogP contribution in [0, 0.1) is 6.92 Å². The van der Waals surface area contributed by atoms with Gasteiger partial charge in [-0.15, -0.1) is 11.3 Å². The van der Waals surface area contributed by atoms with Gasteiger partial charge in [0.2, 0.25) is 5.91 Å². The molecule has 24 heavy (non-hydrogen) atoms. The predicted octanol–water partition coefficient (Wildman–Crippen LogP) is 3.10. The van der Waals surface area contributed by atoms with Gasteiger partial charge in [0.1, 0.15) is 0 Å². The van der Waals surface area contributed by atoms with Crippen molar-refractivity contribution >= 4 is 28.1 Å². The van der Waals surface area contributed by atoms with Crippen LogP contribution in [0.3, 0.4) is 0 Å². The summed E-state index contributed by atoms with van der Waals surface area (Å²) in [7, 11) is 1.94. The molecule has 0 bridgehead atoms. The lowest BCUT2D eigenvalue weighted by Gasteiger charge is -2.20. The summed E-state index contributed by atoms with van der Waals surface area (Å²) < 4.78 is 1.89. The number of aromatic nitrogens is 3. The van der Waals surface area contributed by atoms with E-state index in [4.69, 9.17) is 0 Å². The van der Waals surface area contributed by atoms with E-state index in [0.717, 1.165) is 27.2 Å². The molecule has 124 valence electrons. The smallest absolute Gasteiger partial charge is 0.246 e. The van der Waals surface area contributed by atoms with Crippen LogP contribution in [-0.2, 0) is 24.8 Å². The Balaban J connectivity index is 1.79. The molecule has 3 aromatic rings. The first-order valence-corrected chi connectivity index (χ1v) is 8.69. The lowest BCUT2D eigenvalue weighted by atomic mass is 10.1. The normalized spacial score (nSPS) is 10.9. The number of aryl methyl sites for hydroxylation is 2. The molecular formula is C18H20N4OS. The Labute approximate surface area is 145 Å². The summed E-state index contributed by atoms with van der Waals surface area (Å²) in [4.78, 5) is 19.4. The zero-order valence-corrected chi connectivity index (χ0v) is 14.7. The molecule has 0 unspecified atom stereocenters. The van der Waals surface area contributed by atoms with Crippen LogP contribution in [0.1, 0.15) is 16.3 Å². The number of nitrogens with zero attached hydrogens (tertiary/aromatic N) is 4. The lowest BCUT2D eigenvalue weighted by molar-refractivity contribution is -0.126. The standard InChI is InChI=1S/C18H20N4OS/c1-4-18(23)22(11-17-13(2)19-12-24-17)10-9-15-14-7-5-6-8-16(14)21(3)20-15/h4-8,12H,1,9-11H2,2-3H3. The van der Waals surface area contributed by atoms with E-state index in [1.807, 2.05) is 36.3 Å². The van der Waals surface area contributed by atoms with Crippen LogP contribution in [0.25, 0.3) is 10.9 Å². The van der Waals surface area contributed by atoms with Gasteiger partial charge >= 0.3 is 0 Å². The largest absolute Gasteiger partial charge is 0.334 e. The van der Waals surface area contributed by atoms with E-state index in [-0.39, 0.29) is 5.91 Å². The highest BCUT2D eigenvalue weighted by Crippen LogP contribution is 2.19. The van der Waals surface area contributed by atoms with Crippen molar-refractivity contribution in [3.63, 3.8) is 0 Å². The first-order chi connectivity index (χ1) is 11.6. The van der Waals surface area contributed by atoms with Crippen molar-refractivity contribution in [3.8, 4) is 0 Å². The van der Waals surface area contributed by atoms with Crippen molar-refractivity contribution in [2.45, 2.75) is 19.9 Å². The number of carbonyl (C=O) groups excluding carboxylic acids is 1. The molecule has 5 nitrogen and oxygen atoms in total. The molecule has 1 amide bonds. The Morgan fingerprint density at radius 1 is 1.42 bits per heavy atom. The maximum Gasteiger partial charge on any atom is 0.246 e. The minimum Gasteiger partial charge on any atom is -0.334 e. The van der Waals surface area contributed by atoms with Gasteiger partial charge in [0.25, 0.3) is 0 Å². The van der Waals surface area contributed by atoms with Crippen molar-refractivity contribution in [2.75, 3.05) is 6.54 Å². The van der Waals surface area contributed by atoms with Gasteiger partial charge in [-0.25, -0.2) is 4.98 Å². The van der Waals surface area contributed by atoms with Crippen molar-refractivity contribution in [1.82, 2.24) is 19.7 Å². The third kappa shape index (κ3) is 3.23. The number of amides is 1. The zero-order valence-electron chi connectivity index (χ0n) is 13.9. The van der Waals surface area contributed by atoms with Gasteiger partial charge < -0.3 is 4.90 Å². The number of carbonyl (C=O) groups is 1. The molecule has 0 fully saturated rings. The highest BCUT2D eigenvalue weighted by Gasteiger charge is 2.16. The Morgan fingerprint density at radius 2 is 2.21 bits per heavy atom. The minimum absolute atomic E-state index is 0.0666. The van der Waals surface area contributed by atoms with E-state index in [2.05, 4.69) is 28.8 Å². The fourth-order valence-electron chi connectivity index (χ4n) is 2.76. The summed E-state index contributed by atoms with van der Waals surface area (Å²) in [5.74, 6) is -0.0666. The Morgan fingerprint density at radius 3 is 2.92 bits per heavy atom. The molecule has 0 atom stereocenters. The van der Waals surface area contributed by atoms with Crippen molar-refractivity contribution in [1.29, 1.82) is 0 Å². The molecule has 0 saturated heterocycles. The lowest BCUT2D eigenvalue weighted by Crippen LogP contribution is -2.31. The molecule has 3 rings (SSSR count). The molecule has 0 N–H and O–H groups in total.